The molecule has 2 aromatic heterocycles. The molecule has 0 saturated heterocycles. The molecule has 3 heterocycles. The summed E-state index contributed by atoms with van der Waals surface area (Å²) in [5, 5.41) is 7.87. The molecule has 8 nitrogen and oxygen atoms in total. The number of fused-ring (bicyclic) bond motifs is 6. The predicted molar refractivity (Wildman–Crippen MR) is 275 cm³/mol. The summed E-state index contributed by atoms with van der Waals surface area (Å²) in [5.74, 6) is 1.11. The second kappa shape index (κ2) is 15.9. The molecule has 1 aliphatic rings. The van der Waals surface area contributed by atoms with Gasteiger partial charge in [0.15, 0.2) is 0 Å². The third-order valence-electron chi connectivity index (χ3n) is 12.4. The minimum atomic E-state index is -0.585. The molecule has 0 saturated carbocycles. The Kier molecular flexibility index (Phi) is 10.4. The van der Waals surface area contributed by atoms with Gasteiger partial charge in [-0.3, -0.25) is 9.98 Å². The molecular formula is C59H54N2O6. The normalized spacial score (nSPS) is 15.8. The summed E-state index contributed by atoms with van der Waals surface area (Å²) in [6.07, 6.45) is 1.80. The van der Waals surface area contributed by atoms with Crippen LogP contribution in [0.1, 0.15) is 92.0 Å². The molecule has 7 aromatic carbocycles. The van der Waals surface area contributed by atoms with Crippen molar-refractivity contribution in [2.45, 2.75) is 97.9 Å². The summed E-state index contributed by atoms with van der Waals surface area (Å²) in [6, 6.07) is 41.8. The Bertz CT molecular complexity index is 3590. The molecule has 336 valence electrons. The molecule has 0 amide bonds. The van der Waals surface area contributed by atoms with Gasteiger partial charge in [-0.2, -0.15) is 0 Å². The zero-order chi connectivity index (χ0) is 47.2. The first kappa shape index (κ1) is 43.6. The van der Waals surface area contributed by atoms with Crippen molar-refractivity contribution in [1.82, 2.24) is 0 Å². The molecule has 2 atom stereocenters. The Morgan fingerprint density at radius 2 is 1.15 bits per heavy atom. The van der Waals surface area contributed by atoms with Gasteiger partial charge in [-0.15, -0.1) is 0 Å². The minimum absolute atomic E-state index is 0.0130. The van der Waals surface area contributed by atoms with Crippen LogP contribution in [0.15, 0.2) is 156 Å². The monoisotopic (exact) mass is 886 g/mol. The fraction of sp³-hybridized carbons (Fsp3) is 0.254. The molecule has 1 aliphatic heterocycles. The fourth-order valence-corrected chi connectivity index (χ4v) is 9.41. The van der Waals surface area contributed by atoms with E-state index in [1.807, 2.05) is 103 Å². The average Bonchev–Trinajstić information content (AvgIpc) is 3.26. The standard InChI is InChI=1S/C59H54N2O6/c1-33-54(47-31-46-50(65-56(47)63)28-38(66-58(5,6)7)29-51(46)67-59(8,9)10)60-32-48(61-33)53-42-17-13-11-15-40(42)52(41-16-12-14-18-43(41)53)35-21-19-34(20-22-35)44-30-45-39-25-24-37(57(2,3)4)27-36(39)23-26-49(45)64-55(44)62/h11-33,54H,1-10H3. The van der Waals surface area contributed by atoms with Gasteiger partial charge in [-0.25, -0.2) is 9.59 Å². The van der Waals surface area contributed by atoms with E-state index >= 15 is 0 Å². The number of hydrogen-bond donors (Lipinski definition) is 0. The summed E-state index contributed by atoms with van der Waals surface area (Å²) in [5.41, 5.74) is 5.84. The van der Waals surface area contributed by atoms with E-state index in [9.17, 15) is 9.59 Å². The highest BCUT2D eigenvalue weighted by Crippen LogP contribution is 2.42. The number of hydrogen-bond acceptors (Lipinski definition) is 8. The van der Waals surface area contributed by atoms with Gasteiger partial charge in [0.1, 0.15) is 39.9 Å². The van der Waals surface area contributed by atoms with Crippen LogP contribution in [0.25, 0.3) is 76.5 Å². The van der Waals surface area contributed by atoms with Crippen LogP contribution in [0.2, 0.25) is 0 Å². The summed E-state index contributed by atoms with van der Waals surface area (Å²) in [6.45, 7) is 20.5. The van der Waals surface area contributed by atoms with Gasteiger partial charge < -0.3 is 18.3 Å². The Hall–Kier alpha value is -7.32. The van der Waals surface area contributed by atoms with Crippen molar-refractivity contribution < 1.29 is 18.3 Å². The second-order valence-electron chi connectivity index (χ2n) is 20.8. The van der Waals surface area contributed by atoms with Gasteiger partial charge in [0.2, 0.25) is 0 Å². The van der Waals surface area contributed by atoms with Crippen molar-refractivity contribution in [3.63, 3.8) is 0 Å². The summed E-state index contributed by atoms with van der Waals surface area (Å²) in [7, 11) is 0. The first-order chi connectivity index (χ1) is 31.8. The lowest BCUT2D eigenvalue weighted by Gasteiger charge is -2.26. The lowest BCUT2D eigenvalue weighted by atomic mass is 9.85. The molecule has 8 heteroatoms. The van der Waals surface area contributed by atoms with Crippen LogP contribution in [0.4, 0.5) is 0 Å². The topological polar surface area (TPSA) is 104 Å². The molecule has 67 heavy (non-hydrogen) atoms. The number of nitrogens with zero attached hydrogens (tertiary/aromatic N) is 2. The van der Waals surface area contributed by atoms with Gasteiger partial charge >= 0.3 is 11.3 Å². The average molecular weight is 887 g/mol. The van der Waals surface area contributed by atoms with Gasteiger partial charge in [0.25, 0.3) is 0 Å². The van der Waals surface area contributed by atoms with E-state index in [-0.39, 0.29) is 11.0 Å². The quantitative estimate of drug-likeness (QED) is 0.0936. The molecule has 0 N–H and O–H groups in total. The van der Waals surface area contributed by atoms with Gasteiger partial charge in [0.05, 0.1) is 28.3 Å². The molecule has 0 aliphatic carbocycles. The van der Waals surface area contributed by atoms with E-state index in [0.717, 1.165) is 65.7 Å². The van der Waals surface area contributed by atoms with Crippen LogP contribution in [-0.2, 0) is 5.41 Å². The maximum absolute atomic E-state index is 13.8. The van der Waals surface area contributed by atoms with Gasteiger partial charge in [-0.1, -0.05) is 118 Å². The lowest BCUT2D eigenvalue weighted by Crippen LogP contribution is -2.26. The molecular weight excluding hydrogens is 833 g/mol. The third-order valence-corrected chi connectivity index (χ3v) is 12.4. The SMILES string of the molecule is CC1N=C(c2c3ccccc3c(-c3ccc(-c4cc5c(ccc6cc(C(C)(C)C)ccc65)oc4=O)cc3)c3ccccc23)C=NC1c1cc2c(OC(C)(C)C)cc(OC(C)(C)C)cc2oc1=O. The number of aliphatic imine (C=N–C) groups is 2. The second-order valence-corrected chi connectivity index (χ2v) is 20.8. The smallest absolute Gasteiger partial charge is 0.344 e. The Morgan fingerprint density at radius 1 is 0.537 bits per heavy atom. The highest BCUT2D eigenvalue weighted by molar-refractivity contribution is 6.45. The van der Waals surface area contributed by atoms with Crippen LogP contribution < -0.4 is 20.7 Å². The number of ether oxygens (including phenoxy) is 2. The highest BCUT2D eigenvalue weighted by Gasteiger charge is 2.29. The van der Waals surface area contributed by atoms with Crippen molar-refractivity contribution in [3.8, 4) is 33.8 Å². The largest absolute Gasteiger partial charge is 0.488 e. The predicted octanol–water partition coefficient (Wildman–Crippen LogP) is 14.3. The highest BCUT2D eigenvalue weighted by atomic mass is 16.5. The summed E-state index contributed by atoms with van der Waals surface area (Å²) < 4.78 is 24.6. The number of rotatable bonds is 6. The maximum Gasteiger partial charge on any atom is 0.344 e. The first-order valence-electron chi connectivity index (χ1n) is 23.0. The Balaban J connectivity index is 1.03. The summed E-state index contributed by atoms with van der Waals surface area (Å²) in [4.78, 5) is 37.7. The van der Waals surface area contributed by atoms with Gasteiger partial charge in [0, 0.05) is 29.3 Å². The van der Waals surface area contributed by atoms with Crippen LogP contribution in [0.3, 0.4) is 0 Å². The van der Waals surface area contributed by atoms with Crippen molar-refractivity contribution in [2.24, 2.45) is 9.98 Å². The zero-order valence-corrected chi connectivity index (χ0v) is 39.7. The zero-order valence-electron chi connectivity index (χ0n) is 39.7. The Labute approximate surface area is 389 Å². The number of benzene rings is 7. The van der Waals surface area contributed by atoms with Crippen LogP contribution in [0, 0.1) is 0 Å². The van der Waals surface area contributed by atoms with Crippen molar-refractivity contribution in [1.29, 1.82) is 0 Å². The van der Waals surface area contributed by atoms with E-state index in [4.69, 9.17) is 28.3 Å². The summed E-state index contributed by atoms with van der Waals surface area (Å²) >= 11 is 0. The van der Waals surface area contributed by atoms with Gasteiger partial charge in [-0.05, 0) is 127 Å². The molecule has 9 aromatic rings. The van der Waals surface area contributed by atoms with Crippen molar-refractivity contribution in [3.05, 3.63) is 165 Å². The van der Waals surface area contributed by atoms with E-state index < -0.39 is 28.9 Å². The van der Waals surface area contributed by atoms with E-state index in [1.165, 1.54) is 5.56 Å². The third kappa shape index (κ3) is 8.19. The van der Waals surface area contributed by atoms with Crippen molar-refractivity contribution in [2.75, 3.05) is 0 Å². The lowest BCUT2D eigenvalue weighted by molar-refractivity contribution is 0.122. The van der Waals surface area contributed by atoms with E-state index in [1.54, 1.807) is 12.3 Å². The molecule has 0 fully saturated rings. The molecule has 10 rings (SSSR count). The maximum atomic E-state index is 13.8. The molecule has 2 unspecified atom stereocenters. The molecule has 0 radical (unpaired) electrons. The van der Waals surface area contributed by atoms with E-state index in [2.05, 4.69) is 87.5 Å². The minimum Gasteiger partial charge on any atom is -0.488 e. The van der Waals surface area contributed by atoms with E-state index in [0.29, 0.717) is 39.2 Å². The molecule has 0 spiro atoms. The first-order valence-corrected chi connectivity index (χ1v) is 23.0. The van der Waals surface area contributed by atoms with Crippen LogP contribution >= 0.6 is 0 Å². The Morgan fingerprint density at radius 3 is 1.76 bits per heavy atom. The van der Waals surface area contributed by atoms with Crippen LogP contribution in [0.5, 0.6) is 11.5 Å². The van der Waals surface area contributed by atoms with Crippen LogP contribution in [-0.4, -0.2) is 29.2 Å². The molecule has 0 bridgehead atoms. The fourth-order valence-electron chi connectivity index (χ4n) is 9.41. The van der Waals surface area contributed by atoms with Crippen molar-refractivity contribution >= 4 is 66.2 Å².